The van der Waals surface area contributed by atoms with Crippen LogP contribution in [0.4, 0.5) is 10.5 Å². The second-order valence-electron chi connectivity index (χ2n) is 5.90. The van der Waals surface area contributed by atoms with Gasteiger partial charge in [0.2, 0.25) is 0 Å². The molecule has 0 spiro atoms. The Kier molecular flexibility index (Phi) is 3.97. The number of carbonyl (C=O) groups excluding carboxylic acids is 1. The lowest BCUT2D eigenvalue weighted by Crippen LogP contribution is -2.39. The standard InChI is InChI=1S/C15H21N3O2/c1-15(2,3)20-14(19)18-8-4-5-11(10-18)13-7-6-12(16)9-17-13/h5-7,9H,4,8,10,16H2,1-3H3. The van der Waals surface area contributed by atoms with E-state index in [1.807, 2.05) is 32.9 Å². The summed E-state index contributed by atoms with van der Waals surface area (Å²) >= 11 is 0. The number of rotatable bonds is 1. The molecule has 0 unspecified atom stereocenters. The monoisotopic (exact) mass is 275 g/mol. The van der Waals surface area contributed by atoms with E-state index < -0.39 is 5.60 Å². The van der Waals surface area contributed by atoms with Crippen molar-refractivity contribution in [1.29, 1.82) is 0 Å². The van der Waals surface area contributed by atoms with E-state index in [4.69, 9.17) is 10.5 Å². The van der Waals surface area contributed by atoms with Crippen molar-refractivity contribution >= 4 is 17.4 Å². The summed E-state index contributed by atoms with van der Waals surface area (Å²) in [6.07, 6.45) is 4.27. The van der Waals surface area contributed by atoms with E-state index in [9.17, 15) is 4.79 Å². The Labute approximate surface area is 119 Å². The molecule has 2 heterocycles. The van der Waals surface area contributed by atoms with E-state index in [0.717, 1.165) is 17.7 Å². The lowest BCUT2D eigenvalue weighted by molar-refractivity contribution is 0.0273. The molecule has 108 valence electrons. The minimum Gasteiger partial charge on any atom is -0.444 e. The molecule has 0 saturated carbocycles. The Hall–Kier alpha value is -2.04. The largest absolute Gasteiger partial charge is 0.444 e. The number of nitrogens with zero attached hydrogens (tertiary/aromatic N) is 2. The zero-order valence-corrected chi connectivity index (χ0v) is 12.2. The molecule has 0 fully saturated rings. The highest BCUT2D eigenvalue weighted by Gasteiger charge is 2.24. The van der Waals surface area contributed by atoms with Gasteiger partial charge in [0.15, 0.2) is 0 Å². The molecule has 2 rings (SSSR count). The third-order valence-electron chi connectivity index (χ3n) is 2.92. The summed E-state index contributed by atoms with van der Waals surface area (Å²) in [4.78, 5) is 18.1. The predicted molar refractivity (Wildman–Crippen MR) is 79.1 cm³/mol. The first-order valence-electron chi connectivity index (χ1n) is 6.74. The summed E-state index contributed by atoms with van der Waals surface area (Å²) in [6, 6.07) is 3.69. The van der Waals surface area contributed by atoms with Crippen LogP contribution < -0.4 is 5.73 Å². The summed E-state index contributed by atoms with van der Waals surface area (Å²) < 4.78 is 5.40. The molecule has 0 aliphatic carbocycles. The zero-order valence-electron chi connectivity index (χ0n) is 12.2. The first kappa shape index (κ1) is 14.4. The molecule has 0 bridgehead atoms. The molecule has 5 nitrogen and oxygen atoms in total. The second kappa shape index (κ2) is 5.53. The molecule has 0 atom stereocenters. The number of pyridine rings is 1. The van der Waals surface area contributed by atoms with Crippen LogP contribution in [0.2, 0.25) is 0 Å². The van der Waals surface area contributed by atoms with Crippen LogP contribution in [0.15, 0.2) is 24.4 Å². The number of aromatic nitrogens is 1. The lowest BCUT2D eigenvalue weighted by Gasteiger charge is -2.30. The smallest absolute Gasteiger partial charge is 0.410 e. The van der Waals surface area contributed by atoms with Gasteiger partial charge in [-0.1, -0.05) is 6.08 Å². The van der Waals surface area contributed by atoms with Crippen molar-refractivity contribution in [3.63, 3.8) is 0 Å². The van der Waals surface area contributed by atoms with Gasteiger partial charge in [0.1, 0.15) is 5.60 Å². The molecule has 20 heavy (non-hydrogen) atoms. The van der Waals surface area contributed by atoms with E-state index >= 15 is 0 Å². The Morgan fingerprint density at radius 3 is 2.75 bits per heavy atom. The minimum atomic E-state index is -0.474. The number of ether oxygens (including phenoxy) is 1. The summed E-state index contributed by atoms with van der Waals surface area (Å²) in [5, 5.41) is 0. The SMILES string of the molecule is CC(C)(C)OC(=O)N1CCC=C(c2ccc(N)cn2)C1. The van der Waals surface area contributed by atoms with Crippen molar-refractivity contribution < 1.29 is 9.53 Å². The van der Waals surface area contributed by atoms with Gasteiger partial charge in [-0.2, -0.15) is 0 Å². The summed E-state index contributed by atoms with van der Waals surface area (Å²) in [6.45, 7) is 6.80. The van der Waals surface area contributed by atoms with Gasteiger partial charge < -0.3 is 15.4 Å². The van der Waals surface area contributed by atoms with E-state index in [1.54, 1.807) is 11.1 Å². The highest BCUT2D eigenvalue weighted by molar-refractivity contribution is 5.74. The van der Waals surface area contributed by atoms with E-state index in [2.05, 4.69) is 11.1 Å². The van der Waals surface area contributed by atoms with Gasteiger partial charge in [-0.25, -0.2) is 4.79 Å². The normalized spacial score (nSPS) is 15.8. The van der Waals surface area contributed by atoms with Crippen LogP contribution >= 0.6 is 0 Å². The Balaban J connectivity index is 2.06. The molecule has 1 aromatic rings. The fourth-order valence-corrected chi connectivity index (χ4v) is 2.01. The molecule has 1 aliphatic rings. The van der Waals surface area contributed by atoms with Gasteiger partial charge >= 0.3 is 6.09 Å². The fraction of sp³-hybridized carbons (Fsp3) is 0.467. The van der Waals surface area contributed by atoms with Gasteiger partial charge in [0, 0.05) is 6.54 Å². The van der Waals surface area contributed by atoms with Crippen molar-refractivity contribution in [2.75, 3.05) is 18.8 Å². The molecule has 1 aliphatic heterocycles. The highest BCUT2D eigenvalue weighted by Crippen LogP contribution is 2.21. The van der Waals surface area contributed by atoms with E-state index in [0.29, 0.717) is 18.8 Å². The molecule has 1 aromatic heterocycles. The molecule has 2 N–H and O–H groups in total. The van der Waals surface area contributed by atoms with Crippen molar-refractivity contribution in [2.45, 2.75) is 32.8 Å². The first-order chi connectivity index (χ1) is 9.35. The van der Waals surface area contributed by atoms with Gasteiger partial charge in [0.05, 0.1) is 24.1 Å². The fourth-order valence-electron chi connectivity index (χ4n) is 2.01. The maximum absolute atomic E-state index is 12.1. The Morgan fingerprint density at radius 1 is 1.40 bits per heavy atom. The predicted octanol–water partition coefficient (Wildman–Crippen LogP) is 2.69. The Bertz CT molecular complexity index is 515. The van der Waals surface area contributed by atoms with Gasteiger partial charge in [-0.05, 0) is 44.9 Å². The number of hydrogen-bond donors (Lipinski definition) is 1. The highest BCUT2D eigenvalue weighted by atomic mass is 16.6. The number of amides is 1. The van der Waals surface area contributed by atoms with Crippen LogP contribution in [0.25, 0.3) is 5.57 Å². The van der Waals surface area contributed by atoms with Gasteiger partial charge in [-0.3, -0.25) is 4.98 Å². The number of anilines is 1. The molecule has 0 radical (unpaired) electrons. The zero-order chi connectivity index (χ0) is 14.8. The average Bonchev–Trinajstić information content (AvgIpc) is 2.38. The third-order valence-corrected chi connectivity index (χ3v) is 2.92. The molecule has 0 saturated heterocycles. The van der Waals surface area contributed by atoms with Crippen molar-refractivity contribution in [3.05, 3.63) is 30.1 Å². The quantitative estimate of drug-likeness (QED) is 0.855. The van der Waals surface area contributed by atoms with Crippen molar-refractivity contribution in [3.8, 4) is 0 Å². The number of nitrogens with two attached hydrogens (primary N) is 1. The van der Waals surface area contributed by atoms with Crippen LogP contribution in [0, 0.1) is 0 Å². The summed E-state index contributed by atoms with van der Waals surface area (Å²) in [5.41, 5.74) is 7.68. The molecule has 5 heteroatoms. The summed E-state index contributed by atoms with van der Waals surface area (Å²) in [7, 11) is 0. The minimum absolute atomic E-state index is 0.279. The topological polar surface area (TPSA) is 68.5 Å². The molecular weight excluding hydrogens is 254 g/mol. The molecule has 0 aromatic carbocycles. The van der Waals surface area contributed by atoms with Gasteiger partial charge in [0.25, 0.3) is 0 Å². The van der Waals surface area contributed by atoms with Crippen LogP contribution in [-0.4, -0.2) is 34.7 Å². The molecule has 1 amide bonds. The summed E-state index contributed by atoms with van der Waals surface area (Å²) in [5.74, 6) is 0. The lowest BCUT2D eigenvalue weighted by atomic mass is 10.1. The first-order valence-corrected chi connectivity index (χ1v) is 6.74. The van der Waals surface area contributed by atoms with E-state index in [1.165, 1.54) is 0 Å². The van der Waals surface area contributed by atoms with Crippen LogP contribution in [0.3, 0.4) is 0 Å². The number of hydrogen-bond acceptors (Lipinski definition) is 4. The van der Waals surface area contributed by atoms with Crippen molar-refractivity contribution in [1.82, 2.24) is 9.88 Å². The maximum Gasteiger partial charge on any atom is 0.410 e. The van der Waals surface area contributed by atoms with Crippen molar-refractivity contribution in [2.24, 2.45) is 0 Å². The maximum atomic E-state index is 12.1. The van der Waals surface area contributed by atoms with Gasteiger partial charge in [-0.15, -0.1) is 0 Å². The van der Waals surface area contributed by atoms with Crippen LogP contribution in [-0.2, 0) is 4.74 Å². The van der Waals surface area contributed by atoms with Crippen LogP contribution in [0.1, 0.15) is 32.9 Å². The Morgan fingerprint density at radius 2 is 2.15 bits per heavy atom. The van der Waals surface area contributed by atoms with E-state index in [-0.39, 0.29) is 6.09 Å². The average molecular weight is 275 g/mol. The number of carbonyl (C=O) groups is 1. The van der Waals surface area contributed by atoms with Crippen LogP contribution in [0.5, 0.6) is 0 Å². The molecular formula is C15H21N3O2. The number of nitrogen functional groups attached to an aromatic ring is 1. The second-order valence-corrected chi connectivity index (χ2v) is 5.90. The third kappa shape index (κ3) is 3.73.